The van der Waals surface area contributed by atoms with Crippen molar-refractivity contribution in [2.45, 2.75) is 103 Å². The third-order valence-corrected chi connectivity index (χ3v) is 6.09. The second kappa shape index (κ2) is 14.2. The van der Waals surface area contributed by atoms with E-state index in [0.717, 1.165) is 18.4 Å². The monoisotopic (exact) mass is 395 g/mol. The molecule has 0 aromatic heterocycles. The van der Waals surface area contributed by atoms with Gasteiger partial charge in [0, 0.05) is 5.56 Å². The molecule has 0 aliphatic rings. The van der Waals surface area contributed by atoms with Gasteiger partial charge in [-0.2, -0.15) is 0 Å². The van der Waals surface area contributed by atoms with E-state index in [2.05, 4.69) is 19.1 Å². The smallest absolute Gasteiger partial charge is 0.248 e. The predicted octanol–water partition coefficient (Wildman–Crippen LogP) is 7.96. The van der Waals surface area contributed by atoms with Crippen LogP contribution in [0.25, 0.3) is 10.8 Å². The number of primary amides is 1. The Balaban J connectivity index is 1.58. The van der Waals surface area contributed by atoms with Gasteiger partial charge in [-0.25, -0.2) is 0 Å². The van der Waals surface area contributed by atoms with E-state index >= 15 is 0 Å². The highest BCUT2D eigenvalue weighted by atomic mass is 16.1. The molecule has 2 aromatic rings. The number of carbonyl (C=O) groups is 1. The Bertz CT molecular complexity index is 722. The van der Waals surface area contributed by atoms with Crippen LogP contribution in [0.4, 0.5) is 0 Å². The number of aryl methyl sites for hydroxylation is 1. The molecular formula is C27H41NO. The van der Waals surface area contributed by atoms with Gasteiger partial charge in [-0.1, -0.05) is 121 Å². The summed E-state index contributed by atoms with van der Waals surface area (Å²) in [6.45, 7) is 2.28. The average molecular weight is 396 g/mol. The van der Waals surface area contributed by atoms with Crippen molar-refractivity contribution in [1.82, 2.24) is 0 Å². The molecule has 0 bridgehead atoms. The third-order valence-electron chi connectivity index (χ3n) is 6.09. The fraction of sp³-hybridized carbons (Fsp3) is 0.593. The van der Waals surface area contributed by atoms with Crippen LogP contribution in [-0.2, 0) is 6.42 Å². The minimum atomic E-state index is -0.309. The van der Waals surface area contributed by atoms with Crippen molar-refractivity contribution in [2.75, 3.05) is 0 Å². The fourth-order valence-corrected chi connectivity index (χ4v) is 4.33. The van der Waals surface area contributed by atoms with E-state index in [4.69, 9.17) is 5.73 Å². The van der Waals surface area contributed by atoms with Gasteiger partial charge in [0.05, 0.1) is 0 Å². The molecule has 1 amide bonds. The first kappa shape index (κ1) is 23.4. The maximum atomic E-state index is 11.8. The van der Waals surface area contributed by atoms with Crippen LogP contribution in [0.3, 0.4) is 0 Å². The number of amides is 1. The second-order valence-corrected chi connectivity index (χ2v) is 8.52. The van der Waals surface area contributed by atoms with Crippen LogP contribution in [0, 0.1) is 0 Å². The van der Waals surface area contributed by atoms with Crippen molar-refractivity contribution in [3.8, 4) is 0 Å². The Morgan fingerprint density at radius 1 is 0.690 bits per heavy atom. The van der Waals surface area contributed by atoms with Gasteiger partial charge in [-0.3, -0.25) is 4.79 Å². The SMILES string of the molecule is CCCCCCCCCCCCCCCCc1c(C(N)=O)ccc2ccccc12. The first-order valence-electron chi connectivity index (χ1n) is 12.0. The Morgan fingerprint density at radius 2 is 1.21 bits per heavy atom. The summed E-state index contributed by atoms with van der Waals surface area (Å²) in [5, 5.41) is 2.37. The summed E-state index contributed by atoms with van der Waals surface area (Å²) < 4.78 is 0. The van der Waals surface area contributed by atoms with Crippen LogP contribution < -0.4 is 5.73 Å². The molecule has 29 heavy (non-hydrogen) atoms. The molecule has 0 unspecified atom stereocenters. The third kappa shape index (κ3) is 8.60. The van der Waals surface area contributed by atoms with Crippen molar-refractivity contribution in [2.24, 2.45) is 5.73 Å². The van der Waals surface area contributed by atoms with E-state index in [1.54, 1.807) is 0 Å². The lowest BCUT2D eigenvalue weighted by atomic mass is 9.94. The molecule has 0 aliphatic carbocycles. The van der Waals surface area contributed by atoms with Gasteiger partial charge in [-0.05, 0) is 35.2 Å². The van der Waals surface area contributed by atoms with E-state index in [-0.39, 0.29) is 5.91 Å². The highest BCUT2D eigenvalue weighted by molar-refractivity contribution is 6.00. The summed E-state index contributed by atoms with van der Waals surface area (Å²) >= 11 is 0. The molecule has 2 N–H and O–H groups in total. The molecule has 2 nitrogen and oxygen atoms in total. The highest BCUT2D eigenvalue weighted by Gasteiger charge is 2.11. The first-order chi connectivity index (χ1) is 14.2. The van der Waals surface area contributed by atoms with Crippen LogP contribution in [0.2, 0.25) is 0 Å². The average Bonchev–Trinajstić information content (AvgIpc) is 2.73. The van der Waals surface area contributed by atoms with E-state index in [0.29, 0.717) is 5.56 Å². The van der Waals surface area contributed by atoms with Gasteiger partial charge < -0.3 is 5.73 Å². The Morgan fingerprint density at radius 3 is 1.76 bits per heavy atom. The summed E-state index contributed by atoms with van der Waals surface area (Å²) in [4.78, 5) is 11.8. The Kier molecular flexibility index (Phi) is 11.5. The van der Waals surface area contributed by atoms with Crippen LogP contribution in [0.5, 0.6) is 0 Å². The van der Waals surface area contributed by atoms with Gasteiger partial charge in [-0.15, -0.1) is 0 Å². The number of carbonyl (C=O) groups excluding carboxylic acids is 1. The zero-order valence-electron chi connectivity index (χ0n) is 18.6. The number of fused-ring (bicyclic) bond motifs is 1. The van der Waals surface area contributed by atoms with Crippen molar-refractivity contribution < 1.29 is 4.79 Å². The van der Waals surface area contributed by atoms with Gasteiger partial charge in [0.2, 0.25) is 5.91 Å². The van der Waals surface area contributed by atoms with Crippen molar-refractivity contribution >= 4 is 16.7 Å². The highest BCUT2D eigenvalue weighted by Crippen LogP contribution is 2.24. The van der Waals surface area contributed by atoms with E-state index in [1.165, 1.54) is 94.2 Å². The van der Waals surface area contributed by atoms with Crippen LogP contribution in [0.15, 0.2) is 36.4 Å². The van der Waals surface area contributed by atoms with Crippen molar-refractivity contribution in [3.05, 3.63) is 47.5 Å². The molecule has 0 saturated carbocycles. The zero-order valence-corrected chi connectivity index (χ0v) is 18.6. The number of nitrogens with two attached hydrogens (primary N) is 1. The Hall–Kier alpha value is -1.83. The molecule has 0 atom stereocenters. The molecule has 2 heteroatoms. The molecule has 0 heterocycles. The van der Waals surface area contributed by atoms with E-state index in [1.807, 2.05) is 24.3 Å². The van der Waals surface area contributed by atoms with Crippen LogP contribution >= 0.6 is 0 Å². The largest absolute Gasteiger partial charge is 0.366 e. The molecule has 160 valence electrons. The lowest BCUT2D eigenvalue weighted by Gasteiger charge is -2.11. The molecule has 0 spiro atoms. The lowest BCUT2D eigenvalue weighted by Crippen LogP contribution is -2.14. The van der Waals surface area contributed by atoms with Crippen LogP contribution in [-0.4, -0.2) is 5.91 Å². The normalized spacial score (nSPS) is 11.2. The molecule has 2 aromatic carbocycles. The maximum Gasteiger partial charge on any atom is 0.248 e. The summed E-state index contributed by atoms with van der Waals surface area (Å²) in [6.07, 6.45) is 20.0. The minimum absolute atomic E-state index is 0.309. The van der Waals surface area contributed by atoms with Gasteiger partial charge in [0.25, 0.3) is 0 Å². The van der Waals surface area contributed by atoms with E-state index < -0.39 is 0 Å². The van der Waals surface area contributed by atoms with Gasteiger partial charge >= 0.3 is 0 Å². The topological polar surface area (TPSA) is 43.1 Å². The molecular weight excluding hydrogens is 354 g/mol. The fourth-order valence-electron chi connectivity index (χ4n) is 4.33. The standard InChI is InChI=1S/C27H41NO/c1-2-3-4-5-6-7-8-9-10-11-12-13-14-15-20-25-24-19-17-16-18-23(24)21-22-26(25)27(28)29/h16-19,21-22H,2-15,20H2,1H3,(H2,28,29). The van der Waals surface area contributed by atoms with Crippen molar-refractivity contribution in [1.29, 1.82) is 0 Å². The quantitative estimate of drug-likeness (QED) is 0.288. The molecule has 0 radical (unpaired) electrons. The summed E-state index contributed by atoms with van der Waals surface area (Å²) in [7, 11) is 0. The van der Waals surface area contributed by atoms with Gasteiger partial charge in [0.15, 0.2) is 0 Å². The summed E-state index contributed by atoms with van der Waals surface area (Å²) in [5.74, 6) is -0.309. The number of hydrogen-bond acceptors (Lipinski definition) is 1. The summed E-state index contributed by atoms with van der Waals surface area (Å²) in [6, 6.07) is 12.2. The maximum absolute atomic E-state index is 11.8. The number of rotatable bonds is 16. The minimum Gasteiger partial charge on any atom is -0.366 e. The summed E-state index contributed by atoms with van der Waals surface area (Å²) in [5.41, 5.74) is 7.44. The number of unbranched alkanes of at least 4 members (excludes halogenated alkanes) is 13. The van der Waals surface area contributed by atoms with Gasteiger partial charge in [0.1, 0.15) is 0 Å². The second-order valence-electron chi connectivity index (χ2n) is 8.52. The lowest BCUT2D eigenvalue weighted by molar-refractivity contribution is 0.0999. The van der Waals surface area contributed by atoms with E-state index in [9.17, 15) is 4.79 Å². The Labute approximate surface area is 178 Å². The molecule has 2 rings (SSSR count). The molecule has 0 fully saturated rings. The number of hydrogen-bond donors (Lipinski definition) is 1. The zero-order chi connectivity index (χ0) is 20.7. The first-order valence-corrected chi connectivity index (χ1v) is 12.0. The molecule has 0 saturated heterocycles. The predicted molar refractivity (Wildman–Crippen MR) is 126 cm³/mol. The van der Waals surface area contributed by atoms with Crippen LogP contribution in [0.1, 0.15) is 113 Å². The molecule has 0 aliphatic heterocycles. The number of benzene rings is 2. The van der Waals surface area contributed by atoms with Crippen molar-refractivity contribution in [3.63, 3.8) is 0 Å².